The molecule has 2 N–H and O–H groups in total. The smallest absolute Gasteiger partial charge is 0.362 e. The summed E-state index contributed by atoms with van der Waals surface area (Å²) >= 11 is 20.7. The summed E-state index contributed by atoms with van der Waals surface area (Å²) in [6.07, 6.45) is -4.93. The zero-order valence-corrected chi connectivity index (χ0v) is 20.5. The van der Waals surface area contributed by atoms with Gasteiger partial charge in [-0.2, -0.15) is 13.2 Å². The first-order valence-corrected chi connectivity index (χ1v) is 11.6. The predicted octanol–water partition coefficient (Wildman–Crippen LogP) is 5.14. The van der Waals surface area contributed by atoms with E-state index in [1.165, 1.54) is 12.1 Å². The maximum Gasteiger partial charge on any atom is 0.400 e. The number of thiocarbonyl (C=S) groups is 1. The Morgan fingerprint density at radius 1 is 1.24 bits per heavy atom. The van der Waals surface area contributed by atoms with Gasteiger partial charge in [-0.05, 0) is 39.2 Å². The normalized spacial score (nSPS) is 22.8. The van der Waals surface area contributed by atoms with Gasteiger partial charge in [0.15, 0.2) is 0 Å². The summed E-state index contributed by atoms with van der Waals surface area (Å²) in [4.78, 5) is 21.0. The van der Waals surface area contributed by atoms with Gasteiger partial charge in [-0.25, -0.2) is 5.48 Å². The molecule has 2 heterocycles. The van der Waals surface area contributed by atoms with Crippen molar-refractivity contribution in [3.05, 3.63) is 67.6 Å². The molecule has 33 heavy (non-hydrogen) atoms. The zero-order valence-electron chi connectivity index (χ0n) is 16.6. The Kier molecular flexibility index (Phi) is 6.76. The summed E-state index contributed by atoms with van der Waals surface area (Å²) in [5.74, 6) is -0.328. The first kappa shape index (κ1) is 24.4. The third kappa shape index (κ3) is 4.64. The Labute approximate surface area is 210 Å². The van der Waals surface area contributed by atoms with E-state index in [0.717, 1.165) is 0 Å². The van der Waals surface area contributed by atoms with E-state index in [4.69, 9.17) is 40.3 Å². The lowest BCUT2D eigenvalue weighted by molar-refractivity contribution is -0.183. The Hall–Kier alpha value is -1.72. The molecule has 1 saturated heterocycles. The minimum Gasteiger partial charge on any atom is -0.362 e. The second kappa shape index (κ2) is 9.14. The van der Waals surface area contributed by atoms with Gasteiger partial charge in [0.2, 0.25) is 0 Å². The van der Waals surface area contributed by atoms with Crippen LogP contribution in [0.3, 0.4) is 0 Å². The molecule has 0 aromatic heterocycles. The topological polar surface area (TPSA) is 62.7 Å². The molecule has 0 spiro atoms. The predicted molar refractivity (Wildman–Crippen MR) is 127 cm³/mol. The molecule has 5 nitrogen and oxygen atoms in total. The number of nitrogens with zero attached hydrogens (tertiary/aromatic N) is 1. The highest BCUT2D eigenvalue weighted by Gasteiger charge is 2.58. The molecule has 2 unspecified atom stereocenters. The van der Waals surface area contributed by atoms with E-state index in [2.05, 4.69) is 31.7 Å². The minimum absolute atomic E-state index is 0.0361. The van der Waals surface area contributed by atoms with Crippen LogP contribution in [-0.4, -0.2) is 42.0 Å². The number of hydroxylamine groups is 1. The minimum atomic E-state index is -4.58. The maximum absolute atomic E-state index is 14.3. The van der Waals surface area contributed by atoms with Crippen LogP contribution in [0.4, 0.5) is 13.2 Å². The van der Waals surface area contributed by atoms with Crippen molar-refractivity contribution in [2.24, 2.45) is 4.99 Å². The first-order chi connectivity index (χ1) is 15.5. The number of carbonyl (C=O) groups is 1. The second-order valence-corrected chi connectivity index (χ2v) is 9.67. The van der Waals surface area contributed by atoms with Crippen LogP contribution in [0.2, 0.25) is 10.0 Å². The van der Waals surface area contributed by atoms with E-state index >= 15 is 0 Å². The lowest BCUT2D eigenvalue weighted by Gasteiger charge is -2.32. The number of aliphatic imine (C=N–C) groups is 1. The fourth-order valence-corrected chi connectivity index (χ4v) is 4.70. The highest BCUT2D eigenvalue weighted by atomic mass is 79.9. The SMILES string of the molecule is O=C1NOCC1NC(=S)c1ccc(C2=NCC(c3cc(Cl)c(Br)c(Cl)c3)(C(F)(F)F)C2)cc1. The molecule has 1 fully saturated rings. The van der Waals surface area contributed by atoms with Crippen molar-refractivity contribution in [2.75, 3.05) is 13.2 Å². The van der Waals surface area contributed by atoms with Crippen LogP contribution in [0.5, 0.6) is 0 Å². The lowest BCUT2D eigenvalue weighted by Crippen LogP contribution is -2.43. The van der Waals surface area contributed by atoms with Gasteiger partial charge < -0.3 is 5.32 Å². The quantitative estimate of drug-likeness (QED) is 0.388. The van der Waals surface area contributed by atoms with Gasteiger partial charge >= 0.3 is 6.18 Å². The number of rotatable bonds is 4. The number of halogens is 6. The molecule has 2 atom stereocenters. The summed E-state index contributed by atoms with van der Waals surface area (Å²) in [6.45, 7) is -0.337. The fraction of sp³-hybridized carbons (Fsp3) is 0.286. The molecule has 2 aliphatic rings. The van der Waals surface area contributed by atoms with Crippen LogP contribution in [-0.2, 0) is 15.0 Å². The molecule has 0 bridgehead atoms. The molecule has 2 aromatic rings. The van der Waals surface area contributed by atoms with Crippen molar-refractivity contribution in [1.82, 2.24) is 10.8 Å². The molecule has 0 radical (unpaired) electrons. The number of hydrogen-bond donors (Lipinski definition) is 2. The van der Waals surface area contributed by atoms with E-state index in [1.807, 2.05) is 0 Å². The van der Waals surface area contributed by atoms with Crippen molar-refractivity contribution in [1.29, 1.82) is 0 Å². The number of hydrogen-bond acceptors (Lipinski definition) is 4. The van der Waals surface area contributed by atoms with E-state index in [9.17, 15) is 18.0 Å². The Morgan fingerprint density at radius 2 is 1.88 bits per heavy atom. The highest BCUT2D eigenvalue weighted by molar-refractivity contribution is 9.10. The van der Waals surface area contributed by atoms with Gasteiger partial charge in [0.25, 0.3) is 5.91 Å². The number of benzene rings is 2. The average molecular weight is 581 g/mol. The molecule has 1 amide bonds. The van der Waals surface area contributed by atoms with Gasteiger partial charge in [0.05, 0.1) is 21.1 Å². The van der Waals surface area contributed by atoms with Gasteiger partial charge in [-0.3, -0.25) is 14.6 Å². The lowest BCUT2D eigenvalue weighted by atomic mass is 9.76. The third-order valence-corrected chi connectivity index (χ3v) is 7.87. The molecule has 174 valence electrons. The standard InChI is InChI=1S/C21H15BrCl2F3N3O2S/c22-17-13(23)5-12(6-14(17)24)20(21(25,26)27)7-15(28-9-20)10-1-3-11(4-2-10)19(33)29-16-8-32-30-18(16)31/h1-6,16H,7-9H2,(H,29,33)(H,30,31). The molecular weight excluding hydrogens is 566 g/mol. The molecule has 4 rings (SSSR count). The zero-order chi connectivity index (χ0) is 24.0. The number of carbonyl (C=O) groups excluding carboxylic acids is 1. The third-order valence-electron chi connectivity index (χ3n) is 5.61. The Balaban J connectivity index is 1.56. The highest BCUT2D eigenvalue weighted by Crippen LogP contribution is 2.49. The molecule has 0 aliphatic carbocycles. The van der Waals surface area contributed by atoms with Gasteiger partial charge in [-0.15, -0.1) is 0 Å². The van der Waals surface area contributed by atoms with E-state index in [1.54, 1.807) is 24.3 Å². The average Bonchev–Trinajstić information content (AvgIpc) is 3.39. The molecule has 2 aromatic carbocycles. The van der Waals surface area contributed by atoms with Gasteiger partial charge in [0.1, 0.15) is 23.1 Å². The fourth-order valence-electron chi connectivity index (χ4n) is 3.71. The molecular formula is C21H15BrCl2F3N3O2S. The number of nitrogens with one attached hydrogen (secondary N) is 2. The van der Waals surface area contributed by atoms with Crippen LogP contribution < -0.4 is 10.8 Å². The van der Waals surface area contributed by atoms with Gasteiger partial charge in [-0.1, -0.05) is 59.7 Å². The molecule has 2 aliphatic heterocycles. The second-order valence-electron chi connectivity index (χ2n) is 7.65. The van der Waals surface area contributed by atoms with Crippen LogP contribution >= 0.6 is 51.3 Å². The van der Waals surface area contributed by atoms with Crippen molar-refractivity contribution < 1.29 is 22.8 Å². The number of amides is 1. The molecule has 12 heteroatoms. The van der Waals surface area contributed by atoms with Crippen LogP contribution in [0, 0.1) is 0 Å². The summed E-state index contributed by atoms with van der Waals surface area (Å²) in [6, 6.07) is 8.60. The van der Waals surface area contributed by atoms with E-state index in [-0.39, 0.29) is 34.5 Å². The monoisotopic (exact) mass is 579 g/mol. The van der Waals surface area contributed by atoms with Crippen LogP contribution in [0.25, 0.3) is 0 Å². The Bertz CT molecular complexity index is 1140. The Morgan fingerprint density at radius 3 is 2.42 bits per heavy atom. The van der Waals surface area contributed by atoms with E-state index in [0.29, 0.717) is 26.3 Å². The van der Waals surface area contributed by atoms with Crippen molar-refractivity contribution in [3.8, 4) is 0 Å². The van der Waals surface area contributed by atoms with Crippen molar-refractivity contribution >= 4 is 68.0 Å². The molecule has 0 saturated carbocycles. The summed E-state index contributed by atoms with van der Waals surface area (Å²) in [5, 5.41) is 3.09. The number of alkyl halides is 3. The van der Waals surface area contributed by atoms with Crippen LogP contribution in [0.15, 0.2) is 45.9 Å². The van der Waals surface area contributed by atoms with E-state index < -0.39 is 24.2 Å². The largest absolute Gasteiger partial charge is 0.400 e. The van der Waals surface area contributed by atoms with Crippen LogP contribution in [0.1, 0.15) is 23.1 Å². The summed E-state index contributed by atoms with van der Waals surface area (Å²) in [7, 11) is 0. The summed E-state index contributed by atoms with van der Waals surface area (Å²) < 4.78 is 43.3. The van der Waals surface area contributed by atoms with Gasteiger partial charge in [0, 0.05) is 17.7 Å². The van der Waals surface area contributed by atoms with Crippen molar-refractivity contribution in [2.45, 2.75) is 24.1 Å². The first-order valence-electron chi connectivity index (χ1n) is 9.60. The summed E-state index contributed by atoms with van der Waals surface area (Å²) in [5.41, 5.74) is 1.43. The maximum atomic E-state index is 14.3. The van der Waals surface area contributed by atoms with Crippen molar-refractivity contribution in [3.63, 3.8) is 0 Å².